The molecule has 88 valence electrons. The summed E-state index contributed by atoms with van der Waals surface area (Å²) in [5.41, 5.74) is 0.992. The van der Waals surface area contributed by atoms with E-state index in [1.807, 2.05) is 12.1 Å². The van der Waals surface area contributed by atoms with E-state index in [0.717, 1.165) is 31.5 Å². The lowest BCUT2D eigenvalue weighted by Gasteiger charge is -2.24. The molecule has 1 aliphatic heterocycles. The third-order valence-corrected chi connectivity index (χ3v) is 4.27. The Bertz CT molecular complexity index is 462. The Morgan fingerprint density at radius 1 is 1.19 bits per heavy atom. The molecule has 1 saturated heterocycles. The summed E-state index contributed by atoms with van der Waals surface area (Å²) in [6.45, 7) is 1.95. The zero-order valence-corrected chi connectivity index (χ0v) is 10.3. The molecule has 1 heterocycles. The average Bonchev–Trinajstić information content (AvgIpc) is 2.29. The predicted molar refractivity (Wildman–Crippen MR) is 64.4 cm³/mol. The summed E-state index contributed by atoms with van der Waals surface area (Å²) >= 11 is 0. The van der Waals surface area contributed by atoms with Crippen LogP contribution in [0.1, 0.15) is 24.3 Å². The van der Waals surface area contributed by atoms with E-state index in [1.165, 1.54) is 6.26 Å². The molecule has 0 radical (unpaired) electrons. The molecule has 1 aromatic rings. The van der Waals surface area contributed by atoms with E-state index >= 15 is 0 Å². The van der Waals surface area contributed by atoms with Gasteiger partial charge in [0.1, 0.15) is 0 Å². The van der Waals surface area contributed by atoms with Gasteiger partial charge in [-0.2, -0.15) is 0 Å². The number of benzene rings is 1. The summed E-state index contributed by atoms with van der Waals surface area (Å²) in [5.74, 6) is 0.382. The normalized spacial score (nSPS) is 18.6. The van der Waals surface area contributed by atoms with Crippen molar-refractivity contribution in [1.82, 2.24) is 5.32 Å². The van der Waals surface area contributed by atoms with Gasteiger partial charge in [-0.1, -0.05) is 18.2 Å². The molecule has 0 spiro atoms. The van der Waals surface area contributed by atoms with Gasteiger partial charge in [0.05, 0.1) is 4.90 Å². The number of hydrogen-bond acceptors (Lipinski definition) is 3. The van der Waals surface area contributed by atoms with Crippen molar-refractivity contribution >= 4 is 9.84 Å². The van der Waals surface area contributed by atoms with Gasteiger partial charge in [0.15, 0.2) is 9.84 Å². The van der Waals surface area contributed by atoms with E-state index < -0.39 is 9.84 Å². The van der Waals surface area contributed by atoms with Crippen LogP contribution in [0.2, 0.25) is 0 Å². The van der Waals surface area contributed by atoms with Crippen molar-refractivity contribution in [2.75, 3.05) is 19.3 Å². The summed E-state index contributed by atoms with van der Waals surface area (Å²) in [6, 6.07) is 7.38. The fourth-order valence-electron chi connectivity index (χ4n) is 2.29. The van der Waals surface area contributed by atoms with E-state index in [1.54, 1.807) is 12.1 Å². The standard InChI is InChI=1S/C12H17NO2S/c1-16(14,15)12-5-3-2-4-11(12)10-6-8-13-9-7-10/h2-5,10,13H,6-9H2,1H3. The van der Waals surface area contributed by atoms with Gasteiger partial charge in [-0.05, 0) is 43.5 Å². The third-order valence-electron chi connectivity index (χ3n) is 3.10. The molecular weight excluding hydrogens is 222 g/mol. The minimum Gasteiger partial charge on any atom is -0.317 e. The van der Waals surface area contributed by atoms with Gasteiger partial charge >= 0.3 is 0 Å². The Labute approximate surface area is 96.8 Å². The van der Waals surface area contributed by atoms with Crippen molar-refractivity contribution in [2.45, 2.75) is 23.7 Å². The molecule has 0 unspecified atom stereocenters. The topological polar surface area (TPSA) is 46.2 Å². The van der Waals surface area contributed by atoms with Crippen molar-refractivity contribution < 1.29 is 8.42 Å². The summed E-state index contributed by atoms with van der Waals surface area (Å²) in [5, 5.41) is 3.29. The average molecular weight is 239 g/mol. The molecule has 1 N–H and O–H groups in total. The van der Waals surface area contributed by atoms with Gasteiger partial charge < -0.3 is 5.32 Å². The van der Waals surface area contributed by atoms with Crippen molar-refractivity contribution in [3.05, 3.63) is 29.8 Å². The zero-order valence-electron chi connectivity index (χ0n) is 9.44. The number of nitrogens with one attached hydrogen (secondary N) is 1. The summed E-state index contributed by atoms with van der Waals surface area (Å²) in [6.07, 6.45) is 3.33. The Morgan fingerprint density at radius 3 is 2.44 bits per heavy atom. The maximum atomic E-state index is 11.7. The number of sulfone groups is 1. The molecule has 0 aliphatic carbocycles. The van der Waals surface area contributed by atoms with Crippen LogP contribution in [0.15, 0.2) is 29.2 Å². The Balaban J connectivity index is 2.40. The van der Waals surface area contributed by atoms with Crippen LogP contribution < -0.4 is 5.32 Å². The molecule has 4 heteroatoms. The fourth-order valence-corrected chi connectivity index (χ4v) is 3.28. The Kier molecular flexibility index (Phi) is 3.30. The van der Waals surface area contributed by atoms with Crippen LogP contribution in [0.4, 0.5) is 0 Å². The van der Waals surface area contributed by atoms with E-state index in [-0.39, 0.29) is 0 Å². The highest BCUT2D eigenvalue weighted by Gasteiger charge is 2.21. The third kappa shape index (κ3) is 2.44. The van der Waals surface area contributed by atoms with Crippen LogP contribution in [-0.4, -0.2) is 27.8 Å². The number of rotatable bonds is 2. The zero-order chi connectivity index (χ0) is 11.6. The van der Waals surface area contributed by atoms with Crippen molar-refractivity contribution in [2.24, 2.45) is 0 Å². The van der Waals surface area contributed by atoms with Crippen molar-refractivity contribution in [1.29, 1.82) is 0 Å². The quantitative estimate of drug-likeness (QED) is 0.852. The minimum absolute atomic E-state index is 0.382. The summed E-state index contributed by atoms with van der Waals surface area (Å²) < 4.78 is 23.4. The van der Waals surface area contributed by atoms with Gasteiger partial charge in [0, 0.05) is 6.26 Å². The highest BCUT2D eigenvalue weighted by atomic mass is 32.2. The molecular formula is C12H17NO2S. The molecule has 1 aliphatic rings. The van der Waals surface area contributed by atoms with Crippen LogP contribution in [0.5, 0.6) is 0 Å². The molecule has 0 saturated carbocycles. The molecule has 0 bridgehead atoms. The predicted octanol–water partition coefficient (Wildman–Crippen LogP) is 1.56. The van der Waals surface area contributed by atoms with Crippen LogP contribution >= 0.6 is 0 Å². The lowest BCUT2D eigenvalue weighted by molar-refractivity contribution is 0.455. The largest absolute Gasteiger partial charge is 0.317 e. The molecule has 1 fully saturated rings. The second-order valence-corrected chi connectivity index (χ2v) is 6.32. The first kappa shape index (κ1) is 11.6. The Morgan fingerprint density at radius 2 is 1.81 bits per heavy atom. The van der Waals surface area contributed by atoms with Gasteiger partial charge in [-0.15, -0.1) is 0 Å². The smallest absolute Gasteiger partial charge is 0.175 e. The molecule has 0 aromatic heterocycles. The van der Waals surface area contributed by atoms with E-state index in [0.29, 0.717) is 10.8 Å². The fraction of sp³-hybridized carbons (Fsp3) is 0.500. The van der Waals surface area contributed by atoms with Crippen molar-refractivity contribution in [3.63, 3.8) is 0 Å². The first-order valence-corrected chi connectivity index (χ1v) is 7.48. The first-order valence-electron chi connectivity index (χ1n) is 5.59. The van der Waals surface area contributed by atoms with Crippen LogP contribution in [0.25, 0.3) is 0 Å². The summed E-state index contributed by atoms with van der Waals surface area (Å²) in [7, 11) is -3.10. The van der Waals surface area contributed by atoms with E-state index in [4.69, 9.17) is 0 Å². The number of hydrogen-bond donors (Lipinski definition) is 1. The lowest BCUT2D eigenvalue weighted by atomic mass is 9.90. The van der Waals surface area contributed by atoms with Crippen LogP contribution in [-0.2, 0) is 9.84 Å². The van der Waals surface area contributed by atoms with Crippen LogP contribution in [0.3, 0.4) is 0 Å². The first-order chi connectivity index (χ1) is 7.59. The van der Waals surface area contributed by atoms with Gasteiger partial charge in [0.2, 0.25) is 0 Å². The van der Waals surface area contributed by atoms with Crippen LogP contribution in [0, 0.1) is 0 Å². The minimum atomic E-state index is -3.10. The van der Waals surface area contributed by atoms with Crippen molar-refractivity contribution in [3.8, 4) is 0 Å². The molecule has 1 aromatic carbocycles. The SMILES string of the molecule is CS(=O)(=O)c1ccccc1C1CCNCC1. The van der Waals surface area contributed by atoms with Gasteiger partial charge in [-0.25, -0.2) is 8.42 Å². The molecule has 0 atom stereocenters. The van der Waals surface area contributed by atoms with E-state index in [2.05, 4.69) is 5.32 Å². The highest BCUT2D eigenvalue weighted by molar-refractivity contribution is 7.90. The second kappa shape index (κ2) is 4.55. The maximum Gasteiger partial charge on any atom is 0.175 e. The van der Waals surface area contributed by atoms with Gasteiger partial charge in [-0.3, -0.25) is 0 Å². The molecule has 0 amide bonds. The molecule has 16 heavy (non-hydrogen) atoms. The van der Waals surface area contributed by atoms with E-state index in [9.17, 15) is 8.42 Å². The lowest BCUT2D eigenvalue weighted by Crippen LogP contribution is -2.27. The highest BCUT2D eigenvalue weighted by Crippen LogP contribution is 2.30. The molecule has 2 rings (SSSR count). The molecule has 3 nitrogen and oxygen atoms in total. The Hall–Kier alpha value is -0.870. The maximum absolute atomic E-state index is 11.7. The monoisotopic (exact) mass is 239 g/mol. The second-order valence-electron chi connectivity index (χ2n) is 4.33. The summed E-state index contributed by atoms with van der Waals surface area (Å²) in [4.78, 5) is 0.502. The number of piperidine rings is 1. The van der Waals surface area contributed by atoms with Gasteiger partial charge in [0.25, 0.3) is 0 Å².